The number of rotatable bonds is 3. The Kier molecular flexibility index (Phi) is 5.00. The number of alkyl halides is 1. The van der Waals surface area contributed by atoms with Crippen LogP contribution in [0.25, 0.3) is 0 Å². The van der Waals surface area contributed by atoms with Crippen molar-refractivity contribution in [3.8, 4) is 0 Å². The van der Waals surface area contributed by atoms with Gasteiger partial charge in [-0.2, -0.15) is 0 Å². The molecule has 1 nitrogen and oxygen atoms in total. The minimum Gasteiger partial charge on any atom is -0.267 e. The average molecular weight is 253 g/mol. The van der Waals surface area contributed by atoms with Crippen LogP contribution in [-0.2, 0) is 0 Å². The van der Waals surface area contributed by atoms with E-state index in [1.165, 1.54) is 0 Å². The summed E-state index contributed by atoms with van der Waals surface area (Å²) in [4.78, 5) is 3.74. The molecule has 0 aliphatic rings. The Bertz CT molecular complexity index is 149. The van der Waals surface area contributed by atoms with Gasteiger partial charge >= 0.3 is 0 Å². The van der Waals surface area contributed by atoms with Gasteiger partial charge in [0.1, 0.15) is 0 Å². The molecule has 0 aromatic rings. The molecule has 0 aliphatic carbocycles. The topological polar surface area (TPSA) is 12.4 Å². The summed E-state index contributed by atoms with van der Waals surface area (Å²) in [5.74, 6) is 0. The van der Waals surface area contributed by atoms with Crippen LogP contribution in [0.15, 0.2) is 27.8 Å². The molecule has 0 amide bonds. The first kappa shape index (κ1) is 9.11. The molecule has 0 atom stereocenters. The molecule has 0 aliphatic heterocycles. The molecule has 0 saturated carbocycles. The molecule has 0 heterocycles. The van der Waals surface area contributed by atoms with Gasteiger partial charge in [-0.3, -0.25) is 4.99 Å². The van der Waals surface area contributed by atoms with E-state index < -0.39 is 0 Å². The van der Waals surface area contributed by atoms with E-state index in [1.54, 1.807) is 6.08 Å². The molecule has 3 heteroatoms. The van der Waals surface area contributed by atoms with Gasteiger partial charge in [0.25, 0.3) is 0 Å². The quantitative estimate of drug-likeness (QED) is 0.416. The van der Waals surface area contributed by atoms with Crippen molar-refractivity contribution in [1.82, 2.24) is 0 Å². The maximum Gasteiger partial charge on any atom is 0.0643 e. The van der Waals surface area contributed by atoms with Crippen LogP contribution in [-0.4, -0.2) is 12.0 Å². The van der Waals surface area contributed by atoms with Crippen molar-refractivity contribution in [3.63, 3.8) is 0 Å². The van der Waals surface area contributed by atoms with Gasteiger partial charge in [0.15, 0.2) is 0 Å². The second-order valence-electron chi connectivity index (χ2n) is 1.29. The first-order valence-electron chi connectivity index (χ1n) is 2.30. The minimum absolute atomic E-state index is 0.698. The van der Waals surface area contributed by atoms with E-state index in [0.29, 0.717) is 5.33 Å². The summed E-state index contributed by atoms with van der Waals surface area (Å²) < 4.78 is 0.884. The van der Waals surface area contributed by atoms with Gasteiger partial charge < -0.3 is 0 Å². The highest BCUT2D eigenvalue weighted by atomic mass is 79.9. The molecular weight excluding hydrogens is 246 g/mol. The van der Waals surface area contributed by atoms with E-state index in [4.69, 9.17) is 0 Å². The standard InChI is InChI=1S/C6H7Br2N/c1-3-5(8)6(4-7)9-2/h3H,1-2,4H2/b6-5+. The second kappa shape index (κ2) is 4.94. The number of hydrogen-bond donors (Lipinski definition) is 0. The summed E-state index contributed by atoms with van der Waals surface area (Å²) in [5.41, 5.74) is 0.866. The maximum atomic E-state index is 3.74. The van der Waals surface area contributed by atoms with Crippen LogP contribution >= 0.6 is 31.9 Å². The molecule has 50 valence electrons. The Labute approximate surface area is 71.8 Å². The summed E-state index contributed by atoms with van der Waals surface area (Å²) in [6.07, 6.45) is 1.69. The molecule has 0 spiro atoms. The Balaban J connectivity index is 4.36. The summed E-state index contributed by atoms with van der Waals surface area (Å²) in [6.45, 7) is 6.95. The molecule has 0 bridgehead atoms. The minimum atomic E-state index is 0.698. The fourth-order valence-electron chi connectivity index (χ4n) is 0.299. The van der Waals surface area contributed by atoms with Crippen molar-refractivity contribution in [2.24, 2.45) is 4.99 Å². The lowest BCUT2D eigenvalue weighted by atomic mass is 10.4. The van der Waals surface area contributed by atoms with Crippen molar-refractivity contribution < 1.29 is 0 Å². The lowest BCUT2D eigenvalue weighted by Crippen LogP contribution is -1.79. The van der Waals surface area contributed by atoms with E-state index in [2.05, 4.69) is 50.1 Å². The Morgan fingerprint density at radius 2 is 2.22 bits per heavy atom. The Morgan fingerprint density at radius 3 is 2.33 bits per heavy atom. The zero-order chi connectivity index (χ0) is 7.28. The van der Waals surface area contributed by atoms with Crippen LogP contribution in [0, 0.1) is 0 Å². The molecule has 0 aromatic carbocycles. The van der Waals surface area contributed by atoms with E-state index in [-0.39, 0.29) is 0 Å². The van der Waals surface area contributed by atoms with Crippen molar-refractivity contribution in [1.29, 1.82) is 0 Å². The second-order valence-corrected chi connectivity index (χ2v) is 2.71. The van der Waals surface area contributed by atoms with Gasteiger partial charge in [-0.05, 0) is 22.6 Å². The third kappa shape index (κ3) is 2.96. The lowest BCUT2D eigenvalue weighted by molar-refractivity contribution is 1.35. The van der Waals surface area contributed by atoms with Crippen molar-refractivity contribution in [2.45, 2.75) is 0 Å². The number of halogens is 2. The summed E-state index contributed by atoms with van der Waals surface area (Å²) >= 11 is 6.51. The van der Waals surface area contributed by atoms with Crippen LogP contribution in [0.5, 0.6) is 0 Å². The van der Waals surface area contributed by atoms with Crippen molar-refractivity contribution >= 4 is 38.6 Å². The highest BCUT2D eigenvalue weighted by molar-refractivity contribution is 9.12. The monoisotopic (exact) mass is 251 g/mol. The molecule has 0 N–H and O–H groups in total. The van der Waals surface area contributed by atoms with Crippen LogP contribution < -0.4 is 0 Å². The smallest absolute Gasteiger partial charge is 0.0643 e. The molecule has 0 aromatic heterocycles. The molecule has 0 radical (unpaired) electrons. The SMILES string of the molecule is C=C/C(Br)=C(/CBr)N=C. The zero-order valence-corrected chi connectivity index (χ0v) is 8.07. The third-order valence-corrected chi connectivity index (χ3v) is 2.08. The van der Waals surface area contributed by atoms with Gasteiger partial charge in [0, 0.05) is 9.81 Å². The van der Waals surface area contributed by atoms with Gasteiger partial charge in [0.05, 0.1) is 5.70 Å². The fraction of sp³-hybridized carbons (Fsp3) is 0.167. The Morgan fingerprint density at radius 1 is 1.67 bits per heavy atom. The van der Waals surface area contributed by atoms with Crippen LogP contribution in [0.3, 0.4) is 0 Å². The van der Waals surface area contributed by atoms with Gasteiger partial charge in [-0.25, -0.2) is 0 Å². The summed E-state index contributed by atoms with van der Waals surface area (Å²) in [6, 6.07) is 0. The first-order chi connectivity index (χ1) is 4.26. The predicted molar refractivity (Wildman–Crippen MR) is 49.5 cm³/mol. The van der Waals surface area contributed by atoms with E-state index in [1.807, 2.05) is 0 Å². The van der Waals surface area contributed by atoms with E-state index in [0.717, 1.165) is 10.2 Å². The number of aliphatic imine (C=N–C) groups is 1. The molecular formula is C6H7Br2N. The van der Waals surface area contributed by atoms with Gasteiger partial charge in [-0.15, -0.1) is 0 Å². The number of allylic oxidation sites excluding steroid dienone is 3. The maximum absolute atomic E-state index is 3.74. The first-order valence-corrected chi connectivity index (χ1v) is 4.21. The summed E-state index contributed by atoms with van der Waals surface area (Å²) in [5, 5.41) is 0.698. The molecule has 0 fully saturated rings. The largest absolute Gasteiger partial charge is 0.267 e. The van der Waals surface area contributed by atoms with Gasteiger partial charge in [-0.1, -0.05) is 28.6 Å². The van der Waals surface area contributed by atoms with Crippen LogP contribution in [0.1, 0.15) is 0 Å². The van der Waals surface area contributed by atoms with Crippen LogP contribution in [0.2, 0.25) is 0 Å². The Hall–Kier alpha value is 0.110. The highest BCUT2D eigenvalue weighted by Gasteiger charge is 1.93. The summed E-state index contributed by atoms with van der Waals surface area (Å²) in [7, 11) is 0. The lowest BCUT2D eigenvalue weighted by Gasteiger charge is -1.94. The van der Waals surface area contributed by atoms with Crippen molar-refractivity contribution in [2.75, 3.05) is 5.33 Å². The normalized spacial score (nSPS) is 12.2. The zero-order valence-electron chi connectivity index (χ0n) is 4.90. The molecule has 0 rings (SSSR count). The fourth-order valence-corrected chi connectivity index (χ4v) is 1.42. The molecule has 0 saturated heterocycles. The average Bonchev–Trinajstić information content (AvgIpc) is 1.90. The molecule has 9 heavy (non-hydrogen) atoms. The highest BCUT2D eigenvalue weighted by Crippen LogP contribution is 2.15. The predicted octanol–water partition coefficient (Wildman–Crippen LogP) is 2.87. The van der Waals surface area contributed by atoms with Gasteiger partial charge in [0.2, 0.25) is 0 Å². The van der Waals surface area contributed by atoms with Crippen LogP contribution in [0.4, 0.5) is 0 Å². The number of hydrogen-bond acceptors (Lipinski definition) is 1. The number of nitrogens with zero attached hydrogens (tertiary/aromatic N) is 1. The third-order valence-electron chi connectivity index (χ3n) is 0.772. The molecule has 0 unspecified atom stereocenters. The van der Waals surface area contributed by atoms with Crippen molar-refractivity contribution in [3.05, 3.63) is 22.8 Å². The van der Waals surface area contributed by atoms with E-state index in [9.17, 15) is 0 Å². The van der Waals surface area contributed by atoms with E-state index >= 15 is 0 Å².